The third-order valence-corrected chi connectivity index (χ3v) is 2.49. The van der Waals surface area contributed by atoms with Crippen molar-refractivity contribution in [1.29, 1.82) is 0 Å². The van der Waals surface area contributed by atoms with E-state index in [1.807, 2.05) is 19.1 Å². The van der Waals surface area contributed by atoms with E-state index in [2.05, 4.69) is 5.16 Å². The predicted molar refractivity (Wildman–Crippen MR) is 65.7 cm³/mol. The molecule has 1 atom stereocenters. The highest BCUT2D eigenvalue weighted by molar-refractivity contribution is 6.30. The van der Waals surface area contributed by atoms with Gasteiger partial charge < -0.3 is 9.94 Å². The van der Waals surface area contributed by atoms with Gasteiger partial charge in [0.15, 0.2) is 0 Å². The van der Waals surface area contributed by atoms with E-state index in [0.29, 0.717) is 10.7 Å². The number of nitrogens with zero attached hydrogens (tertiary/aromatic N) is 1. The Kier molecular flexibility index (Phi) is 5.12. The summed E-state index contributed by atoms with van der Waals surface area (Å²) in [5.74, 6) is 0.801. The molecule has 16 heavy (non-hydrogen) atoms. The quantitative estimate of drug-likeness (QED) is 0.485. The summed E-state index contributed by atoms with van der Waals surface area (Å²) in [7, 11) is 0. The number of hydrogen-bond donors (Lipinski definition) is 1. The second-order valence-corrected chi connectivity index (χ2v) is 4.19. The standard InChI is InChI=1S/C12H16ClNO2/c1-9(14-15)3-4-10(2)16-12-7-5-11(13)6-8-12/h5-8,10,15H,3-4H2,1-2H3. The lowest BCUT2D eigenvalue weighted by atomic mass is 10.1. The van der Waals surface area contributed by atoms with Gasteiger partial charge in [-0.3, -0.25) is 0 Å². The summed E-state index contributed by atoms with van der Waals surface area (Å²) in [5, 5.41) is 12.3. The second-order valence-electron chi connectivity index (χ2n) is 3.76. The zero-order valence-corrected chi connectivity index (χ0v) is 10.2. The van der Waals surface area contributed by atoms with Crippen LogP contribution >= 0.6 is 11.6 Å². The molecule has 1 N–H and O–H groups in total. The average Bonchev–Trinajstić information content (AvgIpc) is 2.29. The van der Waals surface area contributed by atoms with Crippen LogP contribution in [0.2, 0.25) is 5.02 Å². The van der Waals surface area contributed by atoms with Crippen LogP contribution in [0.4, 0.5) is 0 Å². The van der Waals surface area contributed by atoms with Crippen LogP contribution in [0.1, 0.15) is 26.7 Å². The molecular weight excluding hydrogens is 226 g/mol. The summed E-state index contributed by atoms with van der Waals surface area (Å²) >= 11 is 5.77. The first kappa shape index (κ1) is 12.8. The van der Waals surface area contributed by atoms with Crippen molar-refractivity contribution in [2.75, 3.05) is 0 Å². The Morgan fingerprint density at radius 1 is 1.44 bits per heavy atom. The molecule has 1 aromatic rings. The van der Waals surface area contributed by atoms with Crippen molar-refractivity contribution in [2.24, 2.45) is 5.16 Å². The fraction of sp³-hybridized carbons (Fsp3) is 0.417. The van der Waals surface area contributed by atoms with Gasteiger partial charge in [0.25, 0.3) is 0 Å². The number of hydrogen-bond acceptors (Lipinski definition) is 3. The third-order valence-electron chi connectivity index (χ3n) is 2.23. The molecule has 88 valence electrons. The summed E-state index contributed by atoms with van der Waals surface area (Å²) in [5.41, 5.74) is 0.714. The maximum atomic E-state index is 8.50. The summed E-state index contributed by atoms with van der Waals surface area (Å²) < 4.78 is 5.67. The second kappa shape index (κ2) is 6.38. The molecule has 0 spiro atoms. The summed E-state index contributed by atoms with van der Waals surface area (Å²) in [4.78, 5) is 0. The molecule has 1 unspecified atom stereocenters. The molecule has 0 aliphatic heterocycles. The molecule has 0 heterocycles. The maximum absolute atomic E-state index is 8.50. The predicted octanol–water partition coefficient (Wildman–Crippen LogP) is 3.74. The molecule has 3 nitrogen and oxygen atoms in total. The van der Waals surface area contributed by atoms with Gasteiger partial charge in [-0.1, -0.05) is 16.8 Å². The number of rotatable bonds is 5. The molecule has 0 aromatic heterocycles. The summed E-state index contributed by atoms with van der Waals surface area (Å²) in [6.45, 7) is 3.77. The van der Waals surface area contributed by atoms with Crippen LogP contribution < -0.4 is 4.74 Å². The number of halogens is 1. The normalized spacial score (nSPS) is 13.6. The van der Waals surface area contributed by atoms with Crippen LogP contribution in [-0.4, -0.2) is 17.0 Å². The van der Waals surface area contributed by atoms with E-state index >= 15 is 0 Å². The number of ether oxygens (including phenoxy) is 1. The highest BCUT2D eigenvalue weighted by Crippen LogP contribution is 2.17. The van der Waals surface area contributed by atoms with Crippen LogP contribution in [0, 0.1) is 0 Å². The Labute approximate surface area is 101 Å². The first-order valence-electron chi connectivity index (χ1n) is 5.21. The maximum Gasteiger partial charge on any atom is 0.119 e. The van der Waals surface area contributed by atoms with Gasteiger partial charge in [-0.05, 0) is 51.0 Å². The van der Waals surface area contributed by atoms with Crippen molar-refractivity contribution >= 4 is 17.3 Å². The third kappa shape index (κ3) is 4.53. The van der Waals surface area contributed by atoms with Crippen molar-refractivity contribution in [3.05, 3.63) is 29.3 Å². The van der Waals surface area contributed by atoms with Gasteiger partial charge in [0.05, 0.1) is 11.8 Å². The minimum Gasteiger partial charge on any atom is -0.491 e. The molecule has 0 fully saturated rings. The molecule has 0 saturated heterocycles. The lowest BCUT2D eigenvalue weighted by Crippen LogP contribution is -2.13. The van der Waals surface area contributed by atoms with E-state index in [1.165, 1.54) is 0 Å². The van der Waals surface area contributed by atoms with Gasteiger partial charge in [-0.25, -0.2) is 0 Å². The minimum absolute atomic E-state index is 0.0814. The molecular formula is C12H16ClNO2. The summed E-state index contributed by atoms with van der Waals surface area (Å²) in [6, 6.07) is 7.27. The van der Waals surface area contributed by atoms with Gasteiger partial charge in [0, 0.05) is 5.02 Å². The van der Waals surface area contributed by atoms with Crippen LogP contribution in [0.3, 0.4) is 0 Å². The molecule has 0 aliphatic carbocycles. The number of benzene rings is 1. The molecule has 0 radical (unpaired) electrons. The van der Waals surface area contributed by atoms with Gasteiger partial charge in [0.1, 0.15) is 5.75 Å². The van der Waals surface area contributed by atoms with E-state index in [9.17, 15) is 0 Å². The zero-order chi connectivity index (χ0) is 12.0. The Bertz CT molecular complexity index is 349. The van der Waals surface area contributed by atoms with Crippen molar-refractivity contribution in [2.45, 2.75) is 32.8 Å². The van der Waals surface area contributed by atoms with Gasteiger partial charge in [-0.15, -0.1) is 0 Å². The SMILES string of the molecule is CC(CCC(C)Oc1ccc(Cl)cc1)=NO. The fourth-order valence-corrected chi connectivity index (χ4v) is 1.39. The highest BCUT2D eigenvalue weighted by Gasteiger charge is 2.05. The average molecular weight is 242 g/mol. The van der Waals surface area contributed by atoms with Crippen LogP contribution in [0.15, 0.2) is 29.4 Å². The van der Waals surface area contributed by atoms with E-state index in [4.69, 9.17) is 21.5 Å². The summed E-state index contributed by atoms with van der Waals surface area (Å²) in [6.07, 6.45) is 1.63. The van der Waals surface area contributed by atoms with Crippen LogP contribution in [0.5, 0.6) is 5.75 Å². The Balaban J connectivity index is 2.39. The smallest absolute Gasteiger partial charge is 0.119 e. The lowest BCUT2D eigenvalue weighted by Gasteiger charge is -2.14. The van der Waals surface area contributed by atoms with E-state index < -0.39 is 0 Å². The molecule has 0 saturated carbocycles. The van der Waals surface area contributed by atoms with Crippen LogP contribution in [-0.2, 0) is 0 Å². The van der Waals surface area contributed by atoms with Crippen LogP contribution in [0.25, 0.3) is 0 Å². The lowest BCUT2D eigenvalue weighted by molar-refractivity contribution is 0.213. The Morgan fingerprint density at radius 2 is 2.06 bits per heavy atom. The molecule has 0 bridgehead atoms. The monoisotopic (exact) mass is 241 g/mol. The topological polar surface area (TPSA) is 41.8 Å². The minimum atomic E-state index is 0.0814. The molecule has 1 aromatic carbocycles. The number of oxime groups is 1. The Hall–Kier alpha value is -1.22. The van der Waals surface area contributed by atoms with Crippen molar-refractivity contribution in [3.63, 3.8) is 0 Å². The molecule has 0 amide bonds. The first-order chi connectivity index (χ1) is 7.61. The highest BCUT2D eigenvalue weighted by atomic mass is 35.5. The zero-order valence-electron chi connectivity index (χ0n) is 9.48. The molecule has 0 aliphatic rings. The van der Waals surface area contributed by atoms with Gasteiger partial charge >= 0.3 is 0 Å². The molecule has 4 heteroatoms. The van der Waals surface area contributed by atoms with Crippen molar-refractivity contribution < 1.29 is 9.94 Å². The van der Waals surface area contributed by atoms with Gasteiger partial charge in [-0.2, -0.15) is 0 Å². The van der Waals surface area contributed by atoms with E-state index in [1.54, 1.807) is 19.1 Å². The van der Waals surface area contributed by atoms with Crippen molar-refractivity contribution in [3.8, 4) is 5.75 Å². The molecule has 1 rings (SSSR count). The van der Waals surface area contributed by atoms with E-state index in [0.717, 1.165) is 18.6 Å². The van der Waals surface area contributed by atoms with E-state index in [-0.39, 0.29) is 6.10 Å². The first-order valence-corrected chi connectivity index (χ1v) is 5.59. The van der Waals surface area contributed by atoms with Crippen molar-refractivity contribution in [1.82, 2.24) is 0 Å². The van der Waals surface area contributed by atoms with Gasteiger partial charge in [0.2, 0.25) is 0 Å². The fourth-order valence-electron chi connectivity index (χ4n) is 1.27. The largest absolute Gasteiger partial charge is 0.491 e. The Morgan fingerprint density at radius 3 is 2.62 bits per heavy atom.